The first-order valence-corrected chi connectivity index (χ1v) is 5.71. The van der Waals surface area contributed by atoms with Gasteiger partial charge in [0.05, 0.1) is 10.7 Å². The van der Waals surface area contributed by atoms with Crippen LogP contribution in [0, 0.1) is 5.82 Å². The Morgan fingerprint density at radius 2 is 1.94 bits per heavy atom. The third-order valence-electron chi connectivity index (χ3n) is 2.04. The molecule has 2 nitrogen and oxygen atoms in total. The van der Waals surface area contributed by atoms with Crippen LogP contribution < -0.4 is 10.6 Å². The first-order valence-electron chi connectivity index (χ1n) is 5.33. The van der Waals surface area contributed by atoms with Crippen LogP contribution in [0.25, 0.3) is 0 Å². The topological polar surface area (TPSA) is 24.1 Å². The highest BCUT2D eigenvalue weighted by Gasteiger charge is 2.08. The number of hydrogen-bond acceptors (Lipinski definition) is 2. The van der Waals surface area contributed by atoms with Gasteiger partial charge in [-0.2, -0.15) is 0 Å². The summed E-state index contributed by atoms with van der Waals surface area (Å²) >= 11 is 5.88. The summed E-state index contributed by atoms with van der Waals surface area (Å²) in [4.78, 5) is 0. The van der Waals surface area contributed by atoms with Gasteiger partial charge in [0.1, 0.15) is 5.82 Å². The van der Waals surface area contributed by atoms with Crippen molar-refractivity contribution in [3.05, 3.63) is 29.0 Å². The van der Waals surface area contributed by atoms with Crippen LogP contribution in [0.4, 0.5) is 10.1 Å². The Kier molecular flexibility index (Phi) is 4.56. The lowest BCUT2D eigenvalue weighted by Crippen LogP contribution is -2.38. The summed E-state index contributed by atoms with van der Waals surface area (Å²) in [6.07, 6.45) is 0. The van der Waals surface area contributed by atoms with Gasteiger partial charge in [-0.05, 0) is 32.9 Å². The predicted octanol–water partition coefficient (Wildman–Crippen LogP) is 3.28. The van der Waals surface area contributed by atoms with E-state index in [0.29, 0.717) is 17.3 Å². The number of hydrogen-bond donors (Lipinski definition) is 2. The minimum absolute atomic E-state index is 0.0701. The summed E-state index contributed by atoms with van der Waals surface area (Å²) in [5, 5.41) is 6.70. The normalized spacial score (nSPS) is 11.6. The van der Waals surface area contributed by atoms with Crippen LogP contribution in [0.2, 0.25) is 5.02 Å². The molecule has 0 unspecified atom stereocenters. The van der Waals surface area contributed by atoms with Crippen molar-refractivity contribution in [1.82, 2.24) is 5.32 Å². The quantitative estimate of drug-likeness (QED) is 0.795. The first-order chi connectivity index (χ1) is 7.40. The third-order valence-corrected chi connectivity index (χ3v) is 2.36. The number of benzene rings is 1. The molecule has 90 valence electrons. The Hall–Kier alpha value is -0.800. The Morgan fingerprint density at radius 3 is 2.50 bits per heavy atom. The Balaban J connectivity index is 2.43. The summed E-state index contributed by atoms with van der Waals surface area (Å²) in [7, 11) is 0. The lowest BCUT2D eigenvalue weighted by molar-refractivity contribution is 0.435. The number of rotatable bonds is 4. The molecule has 0 aliphatic carbocycles. The van der Waals surface area contributed by atoms with Crippen molar-refractivity contribution >= 4 is 17.3 Å². The van der Waals surface area contributed by atoms with E-state index in [4.69, 9.17) is 11.6 Å². The minimum Gasteiger partial charge on any atom is -0.380 e. The summed E-state index contributed by atoms with van der Waals surface area (Å²) in [6, 6.07) is 4.66. The van der Waals surface area contributed by atoms with Crippen molar-refractivity contribution in [2.24, 2.45) is 0 Å². The molecule has 0 aliphatic rings. The fraction of sp³-hybridized carbons (Fsp3) is 0.500. The monoisotopic (exact) mass is 244 g/mol. The molecule has 0 saturated heterocycles. The Morgan fingerprint density at radius 1 is 1.25 bits per heavy atom. The van der Waals surface area contributed by atoms with Crippen molar-refractivity contribution in [3.63, 3.8) is 0 Å². The average Bonchev–Trinajstić information content (AvgIpc) is 2.14. The van der Waals surface area contributed by atoms with Gasteiger partial charge in [0, 0.05) is 18.6 Å². The van der Waals surface area contributed by atoms with Crippen molar-refractivity contribution in [3.8, 4) is 0 Å². The van der Waals surface area contributed by atoms with Gasteiger partial charge in [-0.25, -0.2) is 4.39 Å². The van der Waals surface area contributed by atoms with Crippen molar-refractivity contribution in [2.75, 3.05) is 18.4 Å². The van der Waals surface area contributed by atoms with E-state index in [1.54, 1.807) is 12.1 Å². The molecule has 2 N–H and O–H groups in total. The number of anilines is 1. The molecule has 0 saturated carbocycles. The molecule has 1 rings (SSSR count). The van der Waals surface area contributed by atoms with Crippen LogP contribution >= 0.6 is 11.6 Å². The van der Waals surface area contributed by atoms with Crippen LogP contribution in [-0.4, -0.2) is 18.6 Å². The second-order valence-electron chi connectivity index (χ2n) is 4.70. The van der Waals surface area contributed by atoms with Crippen LogP contribution in [0.1, 0.15) is 20.8 Å². The van der Waals surface area contributed by atoms with E-state index in [1.165, 1.54) is 6.07 Å². The second-order valence-corrected chi connectivity index (χ2v) is 5.11. The smallest absolute Gasteiger partial charge is 0.147 e. The third kappa shape index (κ3) is 4.37. The molecular weight excluding hydrogens is 227 g/mol. The molecule has 0 amide bonds. The van der Waals surface area contributed by atoms with E-state index in [2.05, 4.69) is 31.4 Å². The maximum Gasteiger partial charge on any atom is 0.147 e. The lowest BCUT2D eigenvalue weighted by Gasteiger charge is -2.21. The highest BCUT2D eigenvalue weighted by atomic mass is 35.5. The molecule has 0 atom stereocenters. The van der Waals surface area contributed by atoms with Crippen LogP contribution in [0.5, 0.6) is 0 Å². The molecule has 16 heavy (non-hydrogen) atoms. The fourth-order valence-electron chi connectivity index (χ4n) is 1.29. The van der Waals surface area contributed by atoms with Gasteiger partial charge in [-0.3, -0.25) is 0 Å². The van der Waals surface area contributed by atoms with Gasteiger partial charge in [-0.1, -0.05) is 17.7 Å². The van der Waals surface area contributed by atoms with Crippen molar-refractivity contribution in [2.45, 2.75) is 26.3 Å². The molecule has 0 heterocycles. The van der Waals surface area contributed by atoms with Crippen LogP contribution in [0.15, 0.2) is 18.2 Å². The average molecular weight is 245 g/mol. The van der Waals surface area contributed by atoms with Gasteiger partial charge in [0.2, 0.25) is 0 Å². The molecule has 0 radical (unpaired) electrons. The van der Waals surface area contributed by atoms with Gasteiger partial charge in [-0.15, -0.1) is 0 Å². The van der Waals surface area contributed by atoms with Crippen LogP contribution in [0.3, 0.4) is 0 Å². The van der Waals surface area contributed by atoms with Crippen molar-refractivity contribution in [1.29, 1.82) is 0 Å². The number of nitrogens with one attached hydrogen (secondary N) is 2. The summed E-state index contributed by atoms with van der Waals surface area (Å²) in [5.41, 5.74) is 0.445. The van der Waals surface area contributed by atoms with Gasteiger partial charge < -0.3 is 10.6 Å². The van der Waals surface area contributed by atoms with E-state index >= 15 is 0 Å². The van der Waals surface area contributed by atoms with Gasteiger partial charge in [0.25, 0.3) is 0 Å². The zero-order valence-electron chi connectivity index (χ0n) is 9.90. The van der Waals surface area contributed by atoms with E-state index in [1.807, 2.05) is 0 Å². The van der Waals surface area contributed by atoms with Crippen LogP contribution in [-0.2, 0) is 0 Å². The lowest BCUT2D eigenvalue weighted by atomic mass is 10.1. The molecule has 1 aromatic rings. The summed E-state index contributed by atoms with van der Waals surface area (Å²) in [6.45, 7) is 7.65. The molecule has 0 fully saturated rings. The molecule has 0 spiro atoms. The van der Waals surface area contributed by atoms with Crippen molar-refractivity contribution < 1.29 is 4.39 Å². The van der Waals surface area contributed by atoms with Gasteiger partial charge in [0.15, 0.2) is 0 Å². The maximum absolute atomic E-state index is 13.3. The molecule has 0 bridgehead atoms. The first kappa shape index (κ1) is 13.3. The zero-order chi connectivity index (χ0) is 12.2. The molecule has 1 aromatic carbocycles. The number of halogens is 2. The van der Waals surface area contributed by atoms with Gasteiger partial charge >= 0.3 is 0 Å². The standard InChI is InChI=1S/C12H18ClFN2/c1-12(2,3)16-8-7-15-11-9(13)5-4-6-10(11)14/h4-6,15-16H,7-8H2,1-3H3. The zero-order valence-corrected chi connectivity index (χ0v) is 10.7. The molecule has 0 aliphatic heterocycles. The maximum atomic E-state index is 13.3. The number of para-hydroxylation sites is 1. The van der Waals surface area contributed by atoms with E-state index in [0.717, 1.165) is 6.54 Å². The Labute approximate surface area is 101 Å². The predicted molar refractivity (Wildman–Crippen MR) is 67.7 cm³/mol. The SMILES string of the molecule is CC(C)(C)NCCNc1c(F)cccc1Cl. The highest BCUT2D eigenvalue weighted by molar-refractivity contribution is 6.33. The molecular formula is C12H18ClFN2. The Bertz CT molecular complexity index is 327. The van der Waals surface area contributed by atoms with E-state index < -0.39 is 0 Å². The van der Waals surface area contributed by atoms with E-state index in [9.17, 15) is 4.39 Å². The fourth-order valence-corrected chi connectivity index (χ4v) is 1.52. The van der Waals surface area contributed by atoms with E-state index in [-0.39, 0.29) is 11.4 Å². The largest absolute Gasteiger partial charge is 0.380 e. The molecule has 0 aromatic heterocycles. The summed E-state index contributed by atoms with van der Waals surface area (Å²) in [5.74, 6) is -0.316. The minimum atomic E-state index is -0.316. The summed E-state index contributed by atoms with van der Waals surface area (Å²) < 4.78 is 13.3. The highest BCUT2D eigenvalue weighted by Crippen LogP contribution is 2.23. The second kappa shape index (κ2) is 5.51. The molecule has 4 heteroatoms.